The lowest BCUT2D eigenvalue weighted by Gasteiger charge is -2.34. The van der Waals surface area contributed by atoms with Gasteiger partial charge in [0.2, 0.25) is 11.8 Å². The fraction of sp³-hybridized carbons (Fsp3) is 0.394. The minimum atomic E-state index is -4.27. The predicted octanol–water partition coefficient (Wildman–Crippen LogP) is 6.76. The number of nitrogens with zero attached hydrogens (tertiary/aromatic N) is 2. The van der Waals surface area contributed by atoms with Gasteiger partial charge in [0.25, 0.3) is 10.0 Å². The smallest absolute Gasteiger partial charge is 0.264 e. The van der Waals surface area contributed by atoms with Crippen molar-refractivity contribution in [3.8, 4) is 5.75 Å². The van der Waals surface area contributed by atoms with Gasteiger partial charge >= 0.3 is 0 Å². The molecule has 3 aromatic carbocycles. The maximum absolute atomic E-state index is 14.3. The molecule has 1 fully saturated rings. The van der Waals surface area contributed by atoms with Gasteiger partial charge in [-0.15, -0.1) is 0 Å². The summed E-state index contributed by atoms with van der Waals surface area (Å²) < 4.78 is 34.4. The van der Waals surface area contributed by atoms with Crippen molar-refractivity contribution >= 4 is 50.7 Å². The molecule has 1 unspecified atom stereocenters. The Morgan fingerprint density at radius 3 is 2.25 bits per heavy atom. The molecule has 0 aromatic heterocycles. The summed E-state index contributed by atoms with van der Waals surface area (Å²) in [6.07, 6.45) is 5.35. The van der Waals surface area contributed by atoms with E-state index in [1.807, 2.05) is 26.0 Å². The zero-order chi connectivity index (χ0) is 31.9. The fourth-order valence-electron chi connectivity index (χ4n) is 5.43. The van der Waals surface area contributed by atoms with E-state index in [0.29, 0.717) is 12.2 Å². The number of hydrogen-bond acceptors (Lipinski definition) is 5. The van der Waals surface area contributed by atoms with Crippen LogP contribution in [0.25, 0.3) is 0 Å². The van der Waals surface area contributed by atoms with Crippen LogP contribution in [0.2, 0.25) is 10.0 Å². The standard InChI is InChI=1S/C33H39Cl2N3O5S/c1-4-29(33(40)36-25-9-6-5-7-10-25)37(21-24-15-17-26(43-3)18-16-24)31(39)22-38(30-12-8-11-28(34)32(30)35)44(41,42)27-19-13-23(2)14-20-27/h8,11-20,25,29H,4-7,9-10,21-22H2,1-3H3,(H,36,40). The summed E-state index contributed by atoms with van der Waals surface area (Å²) in [5.41, 5.74) is 1.71. The third-order valence-corrected chi connectivity index (χ3v) is 10.5. The number of halogens is 2. The molecule has 1 aliphatic rings. The zero-order valence-corrected chi connectivity index (χ0v) is 27.6. The Kier molecular flexibility index (Phi) is 11.6. The fourth-order valence-corrected chi connectivity index (χ4v) is 7.30. The number of carbonyl (C=O) groups is 2. The summed E-state index contributed by atoms with van der Waals surface area (Å²) in [5, 5.41) is 3.30. The van der Waals surface area contributed by atoms with Crippen molar-refractivity contribution in [2.24, 2.45) is 0 Å². The average molecular weight is 661 g/mol. The zero-order valence-electron chi connectivity index (χ0n) is 25.3. The highest BCUT2D eigenvalue weighted by Crippen LogP contribution is 2.36. The molecule has 0 spiro atoms. The van der Waals surface area contributed by atoms with Crippen molar-refractivity contribution in [2.45, 2.75) is 75.9 Å². The monoisotopic (exact) mass is 659 g/mol. The van der Waals surface area contributed by atoms with E-state index in [1.54, 1.807) is 43.5 Å². The van der Waals surface area contributed by atoms with Crippen LogP contribution in [-0.4, -0.2) is 50.9 Å². The van der Waals surface area contributed by atoms with Gasteiger partial charge in [-0.25, -0.2) is 8.42 Å². The van der Waals surface area contributed by atoms with Crippen LogP contribution < -0.4 is 14.4 Å². The minimum absolute atomic E-state index is 0.00133. The predicted molar refractivity (Wildman–Crippen MR) is 175 cm³/mol. The molecule has 3 aromatic rings. The highest BCUT2D eigenvalue weighted by molar-refractivity contribution is 7.92. The van der Waals surface area contributed by atoms with Crippen LogP contribution in [0.15, 0.2) is 71.6 Å². The molecule has 0 saturated heterocycles. The molecule has 1 atom stereocenters. The van der Waals surface area contributed by atoms with Gasteiger partial charge in [0.15, 0.2) is 0 Å². The molecule has 1 N–H and O–H groups in total. The quantitative estimate of drug-likeness (QED) is 0.232. The Morgan fingerprint density at radius 1 is 0.977 bits per heavy atom. The summed E-state index contributed by atoms with van der Waals surface area (Å²) in [7, 11) is -2.70. The molecule has 0 radical (unpaired) electrons. The van der Waals surface area contributed by atoms with Gasteiger partial charge in [-0.3, -0.25) is 13.9 Å². The third kappa shape index (κ3) is 8.06. The van der Waals surface area contributed by atoms with Crippen molar-refractivity contribution < 1.29 is 22.7 Å². The first-order valence-corrected chi connectivity index (χ1v) is 17.0. The highest BCUT2D eigenvalue weighted by Gasteiger charge is 2.35. The van der Waals surface area contributed by atoms with Crippen molar-refractivity contribution in [3.63, 3.8) is 0 Å². The molecular formula is C33H39Cl2N3O5S. The molecule has 1 aliphatic carbocycles. The molecule has 0 heterocycles. The normalized spacial score (nSPS) is 14.5. The third-order valence-electron chi connectivity index (χ3n) is 7.94. The maximum Gasteiger partial charge on any atom is 0.264 e. The minimum Gasteiger partial charge on any atom is -0.497 e. The Hall–Kier alpha value is -3.27. The van der Waals surface area contributed by atoms with Crippen LogP contribution in [0.1, 0.15) is 56.6 Å². The Bertz CT molecular complexity index is 1540. The van der Waals surface area contributed by atoms with Crippen LogP contribution in [0.4, 0.5) is 5.69 Å². The lowest BCUT2D eigenvalue weighted by atomic mass is 9.95. The second kappa shape index (κ2) is 15.1. The van der Waals surface area contributed by atoms with Gasteiger partial charge in [-0.2, -0.15) is 0 Å². The molecule has 8 nitrogen and oxygen atoms in total. The van der Waals surface area contributed by atoms with E-state index < -0.39 is 28.5 Å². The first-order valence-electron chi connectivity index (χ1n) is 14.8. The van der Waals surface area contributed by atoms with Crippen LogP contribution >= 0.6 is 23.2 Å². The number of anilines is 1. The second-order valence-electron chi connectivity index (χ2n) is 11.0. The summed E-state index contributed by atoms with van der Waals surface area (Å²) in [6.45, 7) is 3.18. The van der Waals surface area contributed by atoms with Gasteiger partial charge in [0, 0.05) is 12.6 Å². The van der Waals surface area contributed by atoms with Crippen LogP contribution in [-0.2, 0) is 26.2 Å². The number of aryl methyl sites for hydroxylation is 1. The van der Waals surface area contributed by atoms with E-state index in [0.717, 1.165) is 47.5 Å². The molecule has 11 heteroatoms. The Morgan fingerprint density at radius 2 is 1.64 bits per heavy atom. The Labute approximate surface area is 270 Å². The van der Waals surface area contributed by atoms with Crippen LogP contribution in [0, 0.1) is 6.92 Å². The first-order chi connectivity index (χ1) is 21.0. The van der Waals surface area contributed by atoms with E-state index in [2.05, 4.69) is 5.32 Å². The van der Waals surface area contributed by atoms with E-state index in [4.69, 9.17) is 27.9 Å². The highest BCUT2D eigenvalue weighted by atomic mass is 35.5. The number of amides is 2. The lowest BCUT2D eigenvalue weighted by Crippen LogP contribution is -2.54. The molecule has 0 aliphatic heterocycles. The Balaban J connectivity index is 1.73. The van der Waals surface area contributed by atoms with Crippen LogP contribution in [0.5, 0.6) is 5.75 Å². The number of rotatable bonds is 12. The molecular weight excluding hydrogens is 621 g/mol. The largest absolute Gasteiger partial charge is 0.497 e. The van der Waals surface area contributed by atoms with Gasteiger partial charge in [-0.05, 0) is 68.1 Å². The number of ether oxygens (including phenoxy) is 1. The van der Waals surface area contributed by atoms with E-state index in [1.165, 1.54) is 23.1 Å². The number of hydrogen-bond donors (Lipinski definition) is 1. The first kappa shape index (κ1) is 33.6. The topological polar surface area (TPSA) is 96.0 Å². The second-order valence-corrected chi connectivity index (χ2v) is 13.7. The summed E-state index contributed by atoms with van der Waals surface area (Å²) >= 11 is 12.8. The molecule has 4 rings (SSSR count). The van der Waals surface area contributed by atoms with E-state index >= 15 is 0 Å². The molecule has 2 amide bonds. The van der Waals surface area contributed by atoms with E-state index in [-0.39, 0.29) is 39.1 Å². The van der Waals surface area contributed by atoms with Crippen molar-refractivity contribution in [1.29, 1.82) is 0 Å². The molecule has 236 valence electrons. The van der Waals surface area contributed by atoms with Crippen LogP contribution in [0.3, 0.4) is 0 Å². The number of sulfonamides is 1. The van der Waals surface area contributed by atoms with Gasteiger partial charge in [0.1, 0.15) is 18.3 Å². The lowest BCUT2D eigenvalue weighted by molar-refractivity contribution is -0.140. The van der Waals surface area contributed by atoms with E-state index in [9.17, 15) is 18.0 Å². The summed E-state index contributed by atoms with van der Waals surface area (Å²) in [5.74, 6) is -0.159. The molecule has 0 bridgehead atoms. The molecule has 1 saturated carbocycles. The number of benzene rings is 3. The summed E-state index contributed by atoms with van der Waals surface area (Å²) in [6, 6.07) is 17.4. The van der Waals surface area contributed by atoms with Gasteiger partial charge in [-0.1, -0.05) is 85.3 Å². The molecule has 44 heavy (non-hydrogen) atoms. The SMILES string of the molecule is CCC(C(=O)NC1CCCCC1)N(Cc1ccc(OC)cc1)C(=O)CN(c1cccc(Cl)c1Cl)S(=O)(=O)c1ccc(C)cc1. The van der Waals surface area contributed by atoms with Crippen molar-refractivity contribution in [2.75, 3.05) is 18.0 Å². The number of carbonyl (C=O) groups excluding carboxylic acids is 2. The average Bonchev–Trinajstić information content (AvgIpc) is 3.02. The van der Waals surface area contributed by atoms with Crippen molar-refractivity contribution in [1.82, 2.24) is 10.2 Å². The summed E-state index contributed by atoms with van der Waals surface area (Å²) in [4.78, 5) is 29.5. The number of methoxy groups -OCH3 is 1. The maximum atomic E-state index is 14.3. The van der Waals surface area contributed by atoms with Crippen molar-refractivity contribution in [3.05, 3.63) is 87.9 Å². The van der Waals surface area contributed by atoms with Gasteiger partial charge < -0.3 is 15.0 Å². The van der Waals surface area contributed by atoms with Gasteiger partial charge in [0.05, 0.1) is 27.7 Å². The number of nitrogens with one attached hydrogen (secondary N) is 1.